The Bertz CT molecular complexity index is 360. The minimum atomic E-state index is 0.224. The molecule has 2 heteroatoms. The molecule has 1 aromatic carbocycles. The Kier molecular flexibility index (Phi) is 4.73. The van der Waals surface area contributed by atoms with E-state index < -0.39 is 0 Å². The van der Waals surface area contributed by atoms with Gasteiger partial charge in [0.25, 0.3) is 0 Å². The molecule has 1 atom stereocenters. The van der Waals surface area contributed by atoms with Crippen LogP contribution in [0.15, 0.2) is 29.4 Å². The zero-order chi connectivity index (χ0) is 12.9. The molecule has 0 aliphatic carbocycles. The molecule has 1 aromatic rings. The predicted octanol–water partition coefficient (Wildman–Crippen LogP) is 3.79. The van der Waals surface area contributed by atoms with Crippen molar-refractivity contribution in [3.05, 3.63) is 35.4 Å². The summed E-state index contributed by atoms with van der Waals surface area (Å²) >= 11 is 0. The van der Waals surface area contributed by atoms with Crippen molar-refractivity contribution >= 4 is 6.21 Å². The molecular weight excluding hydrogens is 210 g/mol. The molecule has 0 radical (unpaired) electrons. The molecule has 0 fully saturated rings. The molecular formula is C15H23NO. The second-order valence-electron chi connectivity index (χ2n) is 5.57. The van der Waals surface area contributed by atoms with E-state index in [9.17, 15) is 0 Å². The monoisotopic (exact) mass is 233 g/mol. The Morgan fingerprint density at radius 3 is 2.29 bits per heavy atom. The van der Waals surface area contributed by atoms with E-state index in [4.69, 9.17) is 0 Å². The molecule has 0 saturated heterocycles. The van der Waals surface area contributed by atoms with Crippen LogP contribution in [0.2, 0.25) is 0 Å². The van der Waals surface area contributed by atoms with Gasteiger partial charge < -0.3 is 4.84 Å². The highest BCUT2D eigenvalue weighted by molar-refractivity contribution is 5.60. The predicted molar refractivity (Wildman–Crippen MR) is 73.5 cm³/mol. The van der Waals surface area contributed by atoms with Crippen LogP contribution in [0, 0.1) is 5.92 Å². The smallest absolute Gasteiger partial charge is 0.106 e. The van der Waals surface area contributed by atoms with Gasteiger partial charge in [-0.25, -0.2) is 0 Å². The average Bonchev–Trinajstić information content (AvgIpc) is 2.26. The third-order valence-corrected chi connectivity index (χ3v) is 2.80. The Morgan fingerprint density at radius 2 is 1.82 bits per heavy atom. The maximum atomic E-state index is 4.68. The van der Waals surface area contributed by atoms with Crippen LogP contribution in [-0.2, 0) is 16.7 Å². The van der Waals surface area contributed by atoms with E-state index in [0.717, 1.165) is 6.42 Å². The first-order valence-corrected chi connectivity index (χ1v) is 6.09. The summed E-state index contributed by atoms with van der Waals surface area (Å²) in [6.45, 7) is 8.84. The average molecular weight is 233 g/mol. The summed E-state index contributed by atoms with van der Waals surface area (Å²) in [5, 5.41) is 3.80. The summed E-state index contributed by atoms with van der Waals surface area (Å²) in [7, 11) is 1.57. The third kappa shape index (κ3) is 4.59. The fourth-order valence-corrected chi connectivity index (χ4v) is 1.73. The summed E-state index contributed by atoms with van der Waals surface area (Å²) in [6, 6.07) is 8.85. The van der Waals surface area contributed by atoms with Crippen molar-refractivity contribution in [1.29, 1.82) is 0 Å². The lowest BCUT2D eigenvalue weighted by Crippen LogP contribution is -2.11. The summed E-state index contributed by atoms with van der Waals surface area (Å²) in [6.07, 6.45) is 2.84. The van der Waals surface area contributed by atoms with E-state index in [1.165, 1.54) is 11.1 Å². The SMILES string of the molecule is CON=CC(C)Cc1ccc(C(C)(C)C)cc1. The molecule has 0 bridgehead atoms. The van der Waals surface area contributed by atoms with E-state index in [2.05, 4.69) is 62.0 Å². The van der Waals surface area contributed by atoms with Crippen molar-refractivity contribution < 1.29 is 4.84 Å². The van der Waals surface area contributed by atoms with E-state index in [0.29, 0.717) is 5.92 Å². The Labute approximate surface area is 105 Å². The van der Waals surface area contributed by atoms with Gasteiger partial charge in [0, 0.05) is 6.21 Å². The second-order valence-corrected chi connectivity index (χ2v) is 5.57. The summed E-state index contributed by atoms with van der Waals surface area (Å²) < 4.78 is 0. The van der Waals surface area contributed by atoms with Gasteiger partial charge in [-0.15, -0.1) is 0 Å². The normalized spacial score (nSPS) is 13.9. The zero-order valence-corrected chi connectivity index (χ0v) is 11.5. The fraction of sp³-hybridized carbons (Fsp3) is 0.533. The Balaban J connectivity index is 2.66. The van der Waals surface area contributed by atoms with Crippen LogP contribution in [0.1, 0.15) is 38.8 Å². The van der Waals surface area contributed by atoms with Gasteiger partial charge in [0.2, 0.25) is 0 Å². The van der Waals surface area contributed by atoms with Gasteiger partial charge in [0.05, 0.1) is 0 Å². The molecule has 0 aliphatic rings. The standard InChI is InChI=1S/C15H23NO/c1-12(11-16-17-5)10-13-6-8-14(9-7-13)15(2,3)4/h6-9,11-12H,10H2,1-5H3. The summed E-state index contributed by atoms with van der Waals surface area (Å²) in [5.41, 5.74) is 2.94. The minimum absolute atomic E-state index is 0.224. The molecule has 0 aliphatic heterocycles. The lowest BCUT2D eigenvalue weighted by Gasteiger charge is -2.19. The van der Waals surface area contributed by atoms with Crippen molar-refractivity contribution in [1.82, 2.24) is 0 Å². The first-order valence-electron chi connectivity index (χ1n) is 6.09. The number of hydrogen-bond acceptors (Lipinski definition) is 2. The zero-order valence-electron chi connectivity index (χ0n) is 11.5. The van der Waals surface area contributed by atoms with Crippen molar-refractivity contribution in [2.75, 3.05) is 7.11 Å². The summed E-state index contributed by atoms with van der Waals surface area (Å²) in [5.74, 6) is 0.399. The van der Waals surface area contributed by atoms with Crippen LogP contribution in [0.4, 0.5) is 0 Å². The van der Waals surface area contributed by atoms with Gasteiger partial charge in [-0.1, -0.05) is 57.1 Å². The minimum Gasteiger partial charge on any atom is -0.399 e. The summed E-state index contributed by atoms with van der Waals surface area (Å²) in [4.78, 5) is 4.68. The molecule has 0 spiro atoms. The maximum Gasteiger partial charge on any atom is 0.106 e. The molecule has 0 saturated carbocycles. The Hall–Kier alpha value is -1.31. The van der Waals surface area contributed by atoms with Crippen molar-refractivity contribution in [2.24, 2.45) is 11.1 Å². The maximum absolute atomic E-state index is 4.68. The van der Waals surface area contributed by atoms with Crippen LogP contribution < -0.4 is 0 Å². The highest BCUT2D eigenvalue weighted by atomic mass is 16.6. The van der Waals surface area contributed by atoms with Gasteiger partial charge in [-0.3, -0.25) is 0 Å². The van der Waals surface area contributed by atoms with Gasteiger partial charge in [0.15, 0.2) is 0 Å². The number of hydrogen-bond donors (Lipinski definition) is 0. The molecule has 1 rings (SSSR count). The van der Waals surface area contributed by atoms with Crippen LogP contribution in [0.3, 0.4) is 0 Å². The number of oxime groups is 1. The molecule has 0 heterocycles. The van der Waals surface area contributed by atoms with Crippen molar-refractivity contribution in [2.45, 2.75) is 39.5 Å². The lowest BCUT2D eigenvalue weighted by atomic mass is 9.86. The van der Waals surface area contributed by atoms with Crippen LogP contribution in [0.25, 0.3) is 0 Å². The first kappa shape index (κ1) is 13.8. The molecule has 0 aromatic heterocycles. The van der Waals surface area contributed by atoms with Gasteiger partial charge in [0.1, 0.15) is 7.11 Å². The van der Waals surface area contributed by atoms with Gasteiger partial charge in [-0.05, 0) is 28.9 Å². The topological polar surface area (TPSA) is 21.6 Å². The molecule has 0 N–H and O–H groups in total. The van der Waals surface area contributed by atoms with Gasteiger partial charge >= 0.3 is 0 Å². The van der Waals surface area contributed by atoms with Crippen molar-refractivity contribution in [3.8, 4) is 0 Å². The molecule has 0 amide bonds. The lowest BCUT2D eigenvalue weighted by molar-refractivity contribution is 0.213. The highest BCUT2D eigenvalue weighted by Gasteiger charge is 2.12. The van der Waals surface area contributed by atoms with Crippen molar-refractivity contribution in [3.63, 3.8) is 0 Å². The van der Waals surface area contributed by atoms with Gasteiger partial charge in [-0.2, -0.15) is 0 Å². The molecule has 17 heavy (non-hydrogen) atoms. The second kappa shape index (κ2) is 5.85. The Morgan fingerprint density at radius 1 is 1.24 bits per heavy atom. The van der Waals surface area contributed by atoms with E-state index >= 15 is 0 Å². The van der Waals surface area contributed by atoms with E-state index in [1.807, 2.05) is 6.21 Å². The quantitative estimate of drug-likeness (QED) is 0.572. The van der Waals surface area contributed by atoms with Crippen LogP contribution in [-0.4, -0.2) is 13.3 Å². The first-order chi connectivity index (χ1) is 7.93. The van der Waals surface area contributed by atoms with E-state index in [1.54, 1.807) is 7.11 Å². The molecule has 2 nitrogen and oxygen atoms in total. The number of benzene rings is 1. The molecule has 94 valence electrons. The number of nitrogens with zero attached hydrogens (tertiary/aromatic N) is 1. The molecule has 1 unspecified atom stereocenters. The number of rotatable bonds is 4. The van der Waals surface area contributed by atoms with E-state index in [-0.39, 0.29) is 5.41 Å². The largest absolute Gasteiger partial charge is 0.399 e. The van der Waals surface area contributed by atoms with Crippen LogP contribution >= 0.6 is 0 Å². The highest BCUT2D eigenvalue weighted by Crippen LogP contribution is 2.22. The third-order valence-electron chi connectivity index (χ3n) is 2.80. The van der Waals surface area contributed by atoms with Crippen LogP contribution in [0.5, 0.6) is 0 Å². The fourth-order valence-electron chi connectivity index (χ4n) is 1.73.